The summed E-state index contributed by atoms with van der Waals surface area (Å²) in [6.45, 7) is 5.78. The predicted molar refractivity (Wildman–Crippen MR) is 102 cm³/mol. The third kappa shape index (κ3) is 4.64. The van der Waals surface area contributed by atoms with Crippen molar-refractivity contribution in [2.24, 2.45) is 0 Å². The van der Waals surface area contributed by atoms with E-state index in [2.05, 4.69) is 4.90 Å². The van der Waals surface area contributed by atoms with Gasteiger partial charge in [-0.2, -0.15) is 4.31 Å². The standard InChI is InChI=1S/C19H29N3O3S/c1-17(19(23)21-10-6-3-7-11-21)20-12-14-22(15-13-20)26(24,25)16-18-8-4-2-5-9-18/h2,4-5,8-9,17H,3,6-7,10-16H2,1H3/t17-/m1/s1. The summed E-state index contributed by atoms with van der Waals surface area (Å²) in [5.74, 6) is 0.223. The Morgan fingerprint density at radius 3 is 2.19 bits per heavy atom. The van der Waals surface area contributed by atoms with Crippen molar-refractivity contribution in [3.05, 3.63) is 35.9 Å². The molecule has 26 heavy (non-hydrogen) atoms. The number of benzene rings is 1. The molecule has 3 rings (SSSR count). The molecular formula is C19H29N3O3S. The SMILES string of the molecule is C[C@H](C(=O)N1CCCCC1)N1CCN(S(=O)(=O)Cc2ccccc2)CC1. The van der Waals surface area contributed by atoms with Crippen LogP contribution in [0.15, 0.2) is 30.3 Å². The van der Waals surface area contributed by atoms with Crippen LogP contribution in [0, 0.1) is 0 Å². The molecule has 0 N–H and O–H groups in total. The lowest BCUT2D eigenvalue weighted by atomic mass is 10.1. The van der Waals surface area contributed by atoms with Gasteiger partial charge in [-0.3, -0.25) is 9.69 Å². The molecule has 144 valence electrons. The number of nitrogens with zero attached hydrogens (tertiary/aromatic N) is 3. The molecule has 0 bridgehead atoms. The summed E-state index contributed by atoms with van der Waals surface area (Å²) in [5, 5.41) is 0. The fraction of sp³-hybridized carbons (Fsp3) is 0.632. The summed E-state index contributed by atoms with van der Waals surface area (Å²) in [6, 6.07) is 9.11. The van der Waals surface area contributed by atoms with Gasteiger partial charge in [-0.1, -0.05) is 30.3 Å². The molecule has 2 fully saturated rings. The largest absolute Gasteiger partial charge is 0.341 e. The van der Waals surface area contributed by atoms with Gasteiger partial charge in [-0.15, -0.1) is 0 Å². The van der Waals surface area contributed by atoms with Gasteiger partial charge < -0.3 is 4.90 Å². The van der Waals surface area contributed by atoms with Crippen molar-refractivity contribution in [3.63, 3.8) is 0 Å². The van der Waals surface area contributed by atoms with E-state index in [1.54, 1.807) is 4.31 Å². The highest BCUT2D eigenvalue weighted by Gasteiger charge is 2.32. The van der Waals surface area contributed by atoms with Crippen molar-refractivity contribution in [2.45, 2.75) is 38.0 Å². The normalized spacial score (nSPS) is 21.5. The molecule has 1 amide bonds. The molecule has 0 unspecified atom stereocenters. The van der Waals surface area contributed by atoms with Crippen LogP contribution in [0.4, 0.5) is 0 Å². The summed E-state index contributed by atoms with van der Waals surface area (Å²) < 4.78 is 26.9. The maximum Gasteiger partial charge on any atom is 0.239 e. The van der Waals surface area contributed by atoms with Crippen LogP contribution in [0.1, 0.15) is 31.7 Å². The molecule has 1 atom stereocenters. The van der Waals surface area contributed by atoms with Crippen LogP contribution in [0.3, 0.4) is 0 Å². The Morgan fingerprint density at radius 1 is 0.962 bits per heavy atom. The maximum atomic E-state index is 12.7. The van der Waals surface area contributed by atoms with Gasteiger partial charge in [-0.25, -0.2) is 8.42 Å². The van der Waals surface area contributed by atoms with Crippen LogP contribution in [0.25, 0.3) is 0 Å². The van der Waals surface area contributed by atoms with Crippen molar-refractivity contribution in [1.82, 2.24) is 14.1 Å². The summed E-state index contributed by atoms with van der Waals surface area (Å²) in [4.78, 5) is 16.8. The van der Waals surface area contributed by atoms with Gasteiger partial charge in [0.25, 0.3) is 0 Å². The molecule has 1 aromatic rings. The molecular weight excluding hydrogens is 350 g/mol. The van der Waals surface area contributed by atoms with Gasteiger partial charge in [0, 0.05) is 39.3 Å². The molecule has 6 nitrogen and oxygen atoms in total. The van der Waals surface area contributed by atoms with Gasteiger partial charge in [0.1, 0.15) is 0 Å². The van der Waals surface area contributed by atoms with E-state index in [-0.39, 0.29) is 17.7 Å². The second-order valence-electron chi connectivity index (χ2n) is 7.24. The number of piperidine rings is 1. The molecule has 2 saturated heterocycles. The van der Waals surface area contributed by atoms with E-state index in [4.69, 9.17) is 0 Å². The van der Waals surface area contributed by atoms with Gasteiger partial charge in [0.05, 0.1) is 11.8 Å². The number of sulfonamides is 1. The monoisotopic (exact) mass is 379 g/mol. The van der Waals surface area contributed by atoms with E-state index in [1.165, 1.54) is 6.42 Å². The zero-order valence-corrected chi connectivity index (χ0v) is 16.3. The summed E-state index contributed by atoms with van der Waals surface area (Å²) >= 11 is 0. The molecule has 2 heterocycles. The molecule has 7 heteroatoms. The van der Waals surface area contributed by atoms with Gasteiger partial charge in [0.15, 0.2) is 0 Å². The second kappa shape index (κ2) is 8.50. The topological polar surface area (TPSA) is 60.9 Å². The van der Waals surface area contributed by atoms with E-state index >= 15 is 0 Å². The molecule has 2 aliphatic heterocycles. The van der Waals surface area contributed by atoms with Gasteiger partial charge in [0.2, 0.25) is 15.9 Å². The zero-order valence-electron chi connectivity index (χ0n) is 15.5. The second-order valence-corrected chi connectivity index (χ2v) is 9.21. The molecule has 0 saturated carbocycles. The average molecular weight is 380 g/mol. The Morgan fingerprint density at radius 2 is 1.58 bits per heavy atom. The number of piperazine rings is 1. The summed E-state index contributed by atoms with van der Waals surface area (Å²) in [5.41, 5.74) is 0.809. The number of likely N-dealkylation sites (tertiary alicyclic amines) is 1. The smallest absolute Gasteiger partial charge is 0.239 e. The Balaban J connectivity index is 1.54. The van der Waals surface area contributed by atoms with Crippen molar-refractivity contribution in [2.75, 3.05) is 39.3 Å². The fourth-order valence-corrected chi connectivity index (χ4v) is 5.30. The third-order valence-electron chi connectivity index (χ3n) is 5.43. The number of carbonyl (C=O) groups excluding carboxylic acids is 1. The van der Waals surface area contributed by atoms with Gasteiger partial charge >= 0.3 is 0 Å². The van der Waals surface area contributed by atoms with E-state index in [0.717, 1.165) is 31.5 Å². The summed E-state index contributed by atoms with van der Waals surface area (Å²) in [7, 11) is -3.31. The van der Waals surface area contributed by atoms with Crippen LogP contribution in [-0.2, 0) is 20.6 Å². The van der Waals surface area contributed by atoms with Crippen LogP contribution in [0.2, 0.25) is 0 Å². The third-order valence-corrected chi connectivity index (χ3v) is 7.28. The van der Waals surface area contributed by atoms with E-state index in [0.29, 0.717) is 26.2 Å². The minimum absolute atomic E-state index is 0.0378. The van der Waals surface area contributed by atoms with Crippen LogP contribution in [0.5, 0.6) is 0 Å². The first kappa shape index (κ1) is 19.3. The number of hydrogen-bond acceptors (Lipinski definition) is 4. The average Bonchev–Trinajstić information content (AvgIpc) is 2.68. The lowest BCUT2D eigenvalue weighted by Gasteiger charge is -2.39. The highest BCUT2D eigenvalue weighted by molar-refractivity contribution is 7.88. The van der Waals surface area contributed by atoms with E-state index in [9.17, 15) is 13.2 Å². The van der Waals surface area contributed by atoms with E-state index < -0.39 is 10.0 Å². The molecule has 0 aliphatic carbocycles. The lowest BCUT2D eigenvalue weighted by Crippen LogP contribution is -2.56. The molecule has 0 spiro atoms. The molecule has 0 radical (unpaired) electrons. The highest BCUT2D eigenvalue weighted by Crippen LogP contribution is 2.17. The molecule has 0 aromatic heterocycles. The Bertz CT molecular complexity index is 694. The fourth-order valence-electron chi connectivity index (χ4n) is 3.78. The first-order valence-corrected chi connectivity index (χ1v) is 11.1. The number of rotatable bonds is 5. The van der Waals surface area contributed by atoms with Crippen molar-refractivity contribution < 1.29 is 13.2 Å². The minimum atomic E-state index is -3.31. The van der Waals surface area contributed by atoms with Crippen LogP contribution in [-0.4, -0.2) is 73.7 Å². The lowest BCUT2D eigenvalue weighted by molar-refractivity contribution is -0.137. The van der Waals surface area contributed by atoms with Gasteiger partial charge in [-0.05, 0) is 31.7 Å². The molecule has 2 aliphatic rings. The van der Waals surface area contributed by atoms with Crippen LogP contribution >= 0.6 is 0 Å². The maximum absolute atomic E-state index is 12.7. The first-order chi connectivity index (χ1) is 12.5. The molecule has 1 aromatic carbocycles. The van der Waals surface area contributed by atoms with E-state index in [1.807, 2.05) is 42.2 Å². The van der Waals surface area contributed by atoms with Crippen molar-refractivity contribution in [3.8, 4) is 0 Å². The number of carbonyl (C=O) groups is 1. The number of amides is 1. The Hall–Kier alpha value is -1.44. The number of hydrogen-bond donors (Lipinski definition) is 0. The first-order valence-electron chi connectivity index (χ1n) is 9.52. The highest BCUT2D eigenvalue weighted by atomic mass is 32.2. The van der Waals surface area contributed by atoms with Crippen molar-refractivity contribution in [1.29, 1.82) is 0 Å². The zero-order chi connectivity index (χ0) is 18.6. The van der Waals surface area contributed by atoms with Crippen molar-refractivity contribution >= 4 is 15.9 Å². The quantitative estimate of drug-likeness (QED) is 0.779. The predicted octanol–water partition coefficient (Wildman–Crippen LogP) is 1.54. The minimum Gasteiger partial charge on any atom is -0.341 e. The van der Waals surface area contributed by atoms with Crippen LogP contribution < -0.4 is 0 Å². The Kier molecular flexibility index (Phi) is 6.32. The summed E-state index contributed by atoms with van der Waals surface area (Å²) in [6.07, 6.45) is 3.38. The Labute approximate surface area is 156 Å².